The second kappa shape index (κ2) is 11.0. The van der Waals surface area contributed by atoms with Gasteiger partial charge in [0.15, 0.2) is 0 Å². The fraction of sp³-hybridized carbons (Fsp3) is 0.846. The molecule has 146 valence electrons. The lowest BCUT2D eigenvalue weighted by molar-refractivity contribution is 0.134. The van der Waals surface area contributed by atoms with Crippen LogP contribution in [-0.2, 0) is 36.9 Å². The number of carbonyl (C=O) groups excluding carboxylic acids is 1. The van der Waals surface area contributed by atoms with Crippen LogP contribution < -0.4 is 0 Å². The number of hydrogen-bond donors (Lipinski definition) is 0. The Morgan fingerprint density at radius 3 is 2.32 bits per heavy atom. The molecule has 1 aliphatic rings. The fourth-order valence-electron chi connectivity index (χ4n) is 2.34. The molecule has 1 rings (SSSR count). The summed E-state index contributed by atoms with van der Waals surface area (Å²) in [6, 6.07) is -0.0769. The van der Waals surface area contributed by atoms with Gasteiger partial charge in [0.1, 0.15) is 5.04 Å². The Balaban J connectivity index is 3.02. The molecule has 8 nitrogen and oxygen atoms in total. The van der Waals surface area contributed by atoms with E-state index in [1.807, 2.05) is 6.26 Å². The number of rotatable bonds is 7. The summed E-state index contributed by atoms with van der Waals surface area (Å²) in [5.74, 6) is 0. The zero-order valence-corrected chi connectivity index (χ0v) is 18.5. The van der Waals surface area contributed by atoms with E-state index >= 15 is 0 Å². The van der Waals surface area contributed by atoms with Gasteiger partial charge in [0.05, 0.1) is 0 Å². The molecule has 0 aliphatic heterocycles. The smallest absolute Gasteiger partial charge is 0.321 e. The summed E-state index contributed by atoms with van der Waals surface area (Å²) in [7, 11) is 4.24. The van der Waals surface area contributed by atoms with Crippen molar-refractivity contribution in [2.45, 2.75) is 45.1 Å². The van der Waals surface area contributed by atoms with E-state index in [4.69, 9.17) is 25.7 Å². The van der Waals surface area contributed by atoms with E-state index < -0.39 is 23.9 Å². The van der Waals surface area contributed by atoms with Crippen LogP contribution in [0.1, 0.15) is 39.0 Å². The Hall–Kier alpha value is -0.0300. The molecule has 12 heteroatoms. The molecule has 0 aromatic carbocycles. The minimum Gasteiger partial charge on any atom is -0.321 e. The number of hydrogen-bond acceptors (Lipinski definition) is 8. The molecule has 1 fully saturated rings. The Morgan fingerprint density at radius 1 is 1.28 bits per heavy atom. The molecule has 0 aromatic heterocycles. The first-order chi connectivity index (χ1) is 11.8. The van der Waals surface area contributed by atoms with Gasteiger partial charge in [-0.2, -0.15) is 0 Å². The van der Waals surface area contributed by atoms with Gasteiger partial charge in [-0.15, -0.1) is 15.8 Å². The van der Waals surface area contributed by atoms with Crippen molar-refractivity contribution in [1.29, 1.82) is 0 Å². The highest BCUT2D eigenvalue weighted by Crippen LogP contribution is 2.55. The van der Waals surface area contributed by atoms with Crippen LogP contribution in [0.25, 0.3) is 0 Å². The number of oxime groups is 1. The lowest BCUT2D eigenvalue weighted by Crippen LogP contribution is -2.44. The third kappa shape index (κ3) is 6.27. The minimum absolute atomic E-state index is 0.0769. The second-order valence-corrected chi connectivity index (χ2v) is 11.5. The van der Waals surface area contributed by atoms with Gasteiger partial charge in [-0.1, -0.05) is 24.4 Å². The van der Waals surface area contributed by atoms with Crippen molar-refractivity contribution in [1.82, 2.24) is 8.38 Å². The predicted molar refractivity (Wildman–Crippen MR) is 106 cm³/mol. The summed E-state index contributed by atoms with van der Waals surface area (Å²) < 4.78 is 26.3. The monoisotopic (exact) mass is 431 g/mol. The minimum atomic E-state index is -2.98. The van der Waals surface area contributed by atoms with Gasteiger partial charge in [-0.05, 0) is 37.8 Å². The Labute approximate surface area is 161 Å². The molecule has 0 radical (unpaired) electrons. The summed E-state index contributed by atoms with van der Waals surface area (Å²) in [6.07, 6.45) is 5.76. The van der Waals surface area contributed by atoms with Crippen molar-refractivity contribution in [3.8, 4) is 0 Å². The summed E-state index contributed by atoms with van der Waals surface area (Å²) in [5, 5.41) is 4.26. The molecular formula is C13H26N3O5PS3. The third-order valence-corrected chi connectivity index (χ3v) is 10.2. The van der Waals surface area contributed by atoms with Crippen molar-refractivity contribution in [2.75, 3.05) is 27.5 Å². The maximum atomic E-state index is 13.1. The number of carbonyl (C=O) groups is 1. The lowest BCUT2D eigenvalue weighted by Gasteiger charge is -2.39. The quantitative estimate of drug-likeness (QED) is 0.201. The summed E-state index contributed by atoms with van der Waals surface area (Å²) in [4.78, 5) is 17.0. The van der Waals surface area contributed by atoms with E-state index in [1.165, 1.54) is 37.1 Å². The van der Waals surface area contributed by atoms with Crippen LogP contribution in [0.2, 0.25) is 0 Å². The molecule has 25 heavy (non-hydrogen) atoms. The second-order valence-electron chi connectivity index (χ2n) is 5.33. The molecule has 0 heterocycles. The standard InChI is InChI=1S/C13H26N3O5PS3/c1-11(24-5)14-21-13(17)15(2)25(18)16(22(23,19-3)20-4)12-9-7-6-8-10-12/h12H,6-10H2,1-5H3. The first-order valence-electron chi connectivity index (χ1n) is 7.77. The van der Waals surface area contributed by atoms with Crippen LogP contribution in [0.3, 0.4) is 0 Å². The molecule has 0 spiro atoms. The van der Waals surface area contributed by atoms with Crippen molar-refractivity contribution < 1.29 is 22.9 Å². The van der Waals surface area contributed by atoms with E-state index in [9.17, 15) is 9.00 Å². The van der Waals surface area contributed by atoms with E-state index in [-0.39, 0.29) is 6.04 Å². The SMILES string of the molecule is COP(=S)(OC)N(C1CCCCC1)S(=O)N(C)C(=O)ON=C(C)SC. The summed E-state index contributed by atoms with van der Waals surface area (Å²) >= 11 is 4.94. The highest BCUT2D eigenvalue weighted by atomic mass is 32.5. The molecule has 0 saturated heterocycles. The number of nitrogens with zero attached hydrogens (tertiary/aromatic N) is 3. The van der Waals surface area contributed by atoms with Gasteiger partial charge in [-0.3, -0.25) is 4.84 Å². The van der Waals surface area contributed by atoms with Crippen LogP contribution in [0.4, 0.5) is 4.79 Å². The van der Waals surface area contributed by atoms with Crippen molar-refractivity contribution in [2.24, 2.45) is 5.16 Å². The average molecular weight is 432 g/mol. The number of thioether (sulfide) groups is 1. The largest absolute Gasteiger partial charge is 0.448 e. The Kier molecular flexibility index (Phi) is 10.1. The maximum absolute atomic E-state index is 13.1. The zero-order chi connectivity index (χ0) is 19.0. The van der Waals surface area contributed by atoms with Gasteiger partial charge in [0, 0.05) is 27.3 Å². The van der Waals surface area contributed by atoms with Crippen LogP contribution in [0.5, 0.6) is 0 Å². The lowest BCUT2D eigenvalue weighted by atomic mass is 9.96. The Morgan fingerprint density at radius 2 is 1.84 bits per heavy atom. The molecule has 1 amide bonds. The number of amides is 1. The molecule has 1 atom stereocenters. The highest BCUT2D eigenvalue weighted by Gasteiger charge is 2.41. The highest BCUT2D eigenvalue weighted by molar-refractivity contribution is 8.13. The Bertz CT molecular complexity index is 549. The van der Waals surface area contributed by atoms with Gasteiger partial charge in [0.25, 0.3) is 6.64 Å². The van der Waals surface area contributed by atoms with Gasteiger partial charge < -0.3 is 9.05 Å². The molecule has 1 unspecified atom stereocenters. The van der Waals surface area contributed by atoms with Gasteiger partial charge in [0.2, 0.25) is 11.2 Å². The molecule has 0 aromatic rings. The molecule has 0 N–H and O–H groups in total. The van der Waals surface area contributed by atoms with E-state index in [0.29, 0.717) is 5.04 Å². The first kappa shape index (κ1) is 23.0. The van der Waals surface area contributed by atoms with Gasteiger partial charge in [-0.25, -0.2) is 13.3 Å². The predicted octanol–water partition coefficient (Wildman–Crippen LogP) is 3.48. The van der Waals surface area contributed by atoms with Crippen molar-refractivity contribution >= 4 is 52.5 Å². The van der Waals surface area contributed by atoms with Crippen LogP contribution >= 0.6 is 18.4 Å². The average Bonchev–Trinajstić information content (AvgIpc) is 2.65. The first-order valence-corrected chi connectivity index (χ1v) is 12.6. The van der Waals surface area contributed by atoms with Crippen LogP contribution in [0.15, 0.2) is 5.16 Å². The summed E-state index contributed by atoms with van der Waals surface area (Å²) in [6.45, 7) is -1.27. The molecular weight excluding hydrogens is 405 g/mol. The van der Waals surface area contributed by atoms with Crippen molar-refractivity contribution in [3.63, 3.8) is 0 Å². The summed E-state index contributed by atoms with van der Waals surface area (Å²) in [5.41, 5.74) is 0. The van der Waals surface area contributed by atoms with Crippen LogP contribution in [-0.4, -0.2) is 57.3 Å². The maximum Gasteiger partial charge on any atom is 0.448 e. The van der Waals surface area contributed by atoms with E-state index in [0.717, 1.165) is 36.4 Å². The third-order valence-electron chi connectivity index (χ3n) is 3.79. The molecule has 1 saturated carbocycles. The van der Waals surface area contributed by atoms with Gasteiger partial charge >= 0.3 is 6.09 Å². The van der Waals surface area contributed by atoms with E-state index in [1.54, 1.807) is 6.92 Å². The van der Waals surface area contributed by atoms with Crippen LogP contribution in [0, 0.1) is 0 Å². The molecule has 1 aliphatic carbocycles. The molecule has 0 bridgehead atoms. The fourth-order valence-corrected chi connectivity index (χ4v) is 6.76. The normalized spacial score (nSPS) is 18.2. The van der Waals surface area contributed by atoms with Crippen molar-refractivity contribution in [3.05, 3.63) is 0 Å². The van der Waals surface area contributed by atoms with E-state index in [2.05, 4.69) is 5.16 Å². The topological polar surface area (TPSA) is 80.7 Å². The zero-order valence-electron chi connectivity index (χ0n) is 15.2.